The van der Waals surface area contributed by atoms with Crippen LogP contribution in [0.4, 0.5) is 0 Å². The first-order chi connectivity index (χ1) is 9.33. The van der Waals surface area contributed by atoms with E-state index < -0.39 is 0 Å². The minimum atomic E-state index is 0.0810. The minimum absolute atomic E-state index is 0.0810. The molecule has 19 heavy (non-hydrogen) atoms. The fourth-order valence-electron chi connectivity index (χ4n) is 1.73. The highest BCUT2D eigenvalue weighted by Crippen LogP contribution is 2.18. The zero-order chi connectivity index (χ0) is 13.5. The Kier molecular flexibility index (Phi) is 4.60. The third kappa shape index (κ3) is 3.60. The molecule has 0 aliphatic rings. The van der Waals surface area contributed by atoms with Crippen LogP contribution in [0.2, 0.25) is 0 Å². The predicted molar refractivity (Wildman–Crippen MR) is 72.9 cm³/mol. The van der Waals surface area contributed by atoms with Crippen LogP contribution in [0.15, 0.2) is 36.7 Å². The van der Waals surface area contributed by atoms with Crippen molar-refractivity contribution in [3.8, 4) is 17.6 Å². The number of methoxy groups -OCH3 is 1. The molecule has 0 atom stereocenters. The van der Waals surface area contributed by atoms with E-state index in [2.05, 4.69) is 16.9 Å². The molecule has 0 bridgehead atoms. The molecule has 4 nitrogen and oxygen atoms in total. The summed E-state index contributed by atoms with van der Waals surface area (Å²) >= 11 is 0. The maximum absolute atomic E-state index is 8.77. The molecule has 0 aliphatic heterocycles. The summed E-state index contributed by atoms with van der Waals surface area (Å²) in [7, 11) is 1.64. The molecule has 0 radical (unpaired) electrons. The first kappa shape index (κ1) is 13.2. The van der Waals surface area contributed by atoms with Crippen LogP contribution in [-0.4, -0.2) is 28.6 Å². The Bertz CT molecular complexity index is 580. The molecular formula is C15H16N2O2. The predicted octanol–water partition coefficient (Wildman–Crippen LogP) is 1.67. The lowest BCUT2D eigenvalue weighted by Gasteiger charge is -2.08. The van der Waals surface area contributed by atoms with E-state index in [1.807, 2.05) is 35.1 Å². The van der Waals surface area contributed by atoms with E-state index in [1.165, 1.54) is 0 Å². The van der Waals surface area contributed by atoms with Gasteiger partial charge in [-0.15, -0.1) is 0 Å². The Labute approximate surface area is 112 Å². The summed E-state index contributed by atoms with van der Waals surface area (Å²) in [6.45, 7) is 0.727. The smallest absolute Gasteiger partial charge is 0.119 e. The normalized spacial score (nSPS) is 9.79. The monoisotopic (exact) mass is 256 g/mol. The number of ether oxygens (including phenoxy) is 1. The van der Waals surface area contributed by atoms with Gasteiger partial charge in [0.1, 0.15) is 5.75 Å². The quantitative estimate of drug-likeness (QED) is 0.847. The van der Waals surface area contributed by atoms with Crippen molar-refractivity contribution in [3.05, 3.63) is 47.8 Å². The molecule has 1 aromatic carbocycles. The van der Waals surface area contributed by atoms with Gasteiger partial charge in [0.05, 0.1) is 20.3 Å². The van der Waals surface area contributed by atoms with Gasteiger partial charge in [-0.2, -0.15) is 5.10 Å². The molecule has 1 aromatic heterocycles. The van der Waals surface area contributed by atoms with E-state index in [0.717, 1.165) is 16.9 Å². The average molecular weight is 256 g/mol. The van der Waals surface area contributed by atoms with Gasteiger partial charge < -0.3 is 9.84 Å². The van der Waals surface area contributed by atoms with Gasteiger partial charge in [0.15, 0.2) is 0 Å². The molecule has 98 valence electrons. The lowest BCUT2D eigenvalue weighted by molar-refractivity contribution is 0.305. The van der Waals surface area contributed by atoms with Gasteiger partial charge in [-0.05, 0) is 29.8 Å². The Morgan fingerprint density at radius 3 is 3.00 bits per heavy atom. The summed E-state index contributed by atoms with van der Waals surface area (Å²) in [6, 6.07) is 7.67. The molecule has 0 saturated heterocycles. The summed E-state index contributed by atoms with van der Waals surface area (Å²) in [5.74, 6) is 6.81. The zero-order valence-corrected chi connectivity index (χ0v) is 10.8. The van der Waals surface area contributed by atoms with Crippen LogP contribution in [0.3, 0.4) is 0 Å². The molecule has 0 spiro atoms. The van der Waals surface area contributed by atoms with Crippen molar-refractivity contribution >= 4 is 0 Å². The summed E-state index contributed by atoms with van der Waals surface area (Å²) in [5, 5.41) is 13.0. The van der Waals surface area contributed by atoms with Gasteiger partial charge >= 0.3 is 0 Å². The van der Waals surface area contributed by atoms with Gasteiger partial charge in [-0.25, -0.2) is 0 Å². The summed E-state index contributed by atoms with van der Waals surface area (Å²) < 4.78 is 7.08. The number of aliphatic hydroxyl groups is 1. The fraction of sp³-hybridized carbons (Fsp3) is 0.267. The number of hydrogen-bond donors (Lipinski definition) is 1. The van der Waals surface area contributed by atoms with Crippen LogP contribution in [-0.2, 0) is 6.54 Å². The van der Waals surface area contributed by atoms with Gasteiger partial charge in [0.25, 0.3) is 0 Å². The molecule has 0 aliphatic carbocycles. The van der Waals surface area contributed by atoms with Gasteiger partial charge in [-0.1, -0.05) is 11.8 Å². The summed E-state index contributed by atoms with van der Waals surface area (Å²) in [5.41, 5.74) is 1.98. The highest BCUT2D eigenvalue weighted by Gasteiger charge is 2.04. The van der Waals surface area contributed by atoms with E-state index in [0.29, 0.717) is 13.0 Å². The largest absolute Gasteiger partial charge is 0.497 e. The standard InChI is InChI=1S/C15H16N2O2/c1-19-15-7-6-13(5-2-3-10-18)14(11-15)12-17-9-4-8-16-17/h4,6-9,11,18H,3,10,12H2,1H3. The molecule has 2 rings (SSSR count). The molecular weight excluding hydrogens is 240 g/mol. The van der Waals surface area contributed by atoms with Crippen molar-refractivity contribution in [2.24, 2.45) is 0 Å². The van der Waals surface area contributed by atoms with Crippen LogP contribution in [0.5, 0.6) is 5.75 Å². The first-order valence-corrected chi connectivity index (χ1v) is 6.07. The Balaban J connectivity index is 2.29. The molecule has 2 aromatic rings. The van der Waals surface area contributed by atoms with Crippen LogP contribution in [0.25, 0.3) is 0 Å². The third-order valence-electron chi connectivity index (χ3n) is 2.66. The number of aromatic nitrogens is 2. The van der Waals surface area contributed by atoms with Gasteiger partial charge in [0, 0.05) is 24.4 Å². The average Bonchev–Trinajstić information content (AvgIpc) is 2.93. The van der Waals surface area contributed by atoms with Gasteiger partial charge in [0.2, 0.25) is 0 Å². The minimum Gasteiger partial charge on any atom is -0.497 e. The zero-order valence-electron chi connectivity index (χ0n) is 10.8. The van der Waals surface area contributed by atoms with Crippen LogP contribution < -0.4 is 4.74 Å². The highest BCUT2D eigenvalue weighted by molar-refractivity contribution is 5.45. The van der Waals surface area contributed by atoms with Crippen LogP contribution in [0.1, 0.15) is 17.5 Å². The lowest BCUT2D eigenvalue weighted by Crippen LogP contribution is -2.02. The Morgan fingerprint density at radius 2 is 2.32 bits per heavy atom. The molecule has 0 unspecified atom stereocenters. The fourth-order valence-corrected chi connectivity index (χ4v) is 1.73. The number of hydrogen-bond acceptors (Lipinski definition) is 3. The first-order valence-electron chi connectivity index (χ1n) is 6.07. The second kappa shape index (κ2) is 6.62. The second-order valence-corrected chi connectivity index (χ2v) is 4.00. The highest BCUT2D eigenvalue weighted by atomic mass is 16.5. The maximum Gasteiger partial charge on any atom is 0.119 e. The summed E-state index contributed by atoms with van der Waals surface area (Å²) in [6.07, 6.45) is 4.13. The number of nitrogens with zero attached hydrogens (tertiary/aromatic N) is 2. The van der Waals surface area contributed by atoms with E-state index in [4.69, 9.17) is 9.84 Å². The second-order valence-electron chi connectivity index (χ2n) is 4.00. The molecule has 1 N–H and O–H groups in total. The third-order valence-corrected chi connectivity index (χ3v) is 2.66. The Hall–Kier alpha value is -2.25. The van der Waals surface area contributed by atoms with Crippen molar-refractivity contribution in [2.45, 2.75) is 13.0 Å². The van der Waals surface area contributed by atoms with Gasteiger partial charge in [-0.3, -0.25) is 4.68 Å². The topological polar surface area (TPSA) is 47.3 Å². The van der Waals surface area contributed by atoms with E-state index in [-0.39, 0.29) is 6.61 Å². The lowest BCUT2D eigenvalue weighted by atomic mass is 10.1. The van der Waals surface area contributed by atoms with E-state index >= 15 is 0 Å². The Morgan fingerprint density at radius 1 is 1.42 bits per heavy atom. The molecule has 0 saturated carbocycles. The number of aliphatic hydroxyl groups excluding tert-OH is 1. The number of benzene rings is 1. The molecule has 0 fully saturated rings. The van der Waals surface area contributed by atoms with Crippen molar-refractivity contribution in [1.29, 1.82) is 0 Å². The van der Waals surface area contributed by atoms with Crippen molar-refractivity contribution in [3.63, 3.8) is 0 Å². The maximum atomic E-state index is 8.77. The summed E-state index contributed by atoms with van der Waals surface area (Å²) in [4.78, 5) is 0. The van der Waals surface area contributed by atoms with Crippen LogP contribution >= 0.6 is 0 Å². The van der Waals surface area contributed by atoms with Crippen molar-refractivity contribution in [1.82, 2.24) is 9.78 Å². The van der Waals surface area contributed by atoms with E-state index in [1.54, 1.807) is 13.3 Å². The van der Waals surface area contributed by atoms with E-state index in [9.17, 15) is 0 Å². The van der Waals surface area contributed by atoms with Crippen molar-refractivity contribution < 1.29 is 9.84 Å². The van der Waals surface area contributed by atoms with Crippen molar-refractivity contribution in [2.75, 3.05) is 13.7 Å². The molecule has 1 heterocycles. The van der Waals surface area contributed by atoms with Crippen LogP contribution in [0, 0.1) is 11.8 Å². The number of rotatable bonds is 4. The molecule has 0 amide bonds. The SMILES string of the molecule is COc1ccc(C#CCCO)c(Cn2cccn2)c1. The molecule has 4 heteroatoms.